The maximum atomic E-state index is 12.3. The predicted molar refractivity (Wildman–Crippen MR) is 86.8 cm³/mol. The molecule has 23 heavy (non-hydrogen) atoms. The third kappa shape index (κ3) is 3.51. The normalized spacial score (nSPS) is 29.0. The fourth-order valence-electron chi connectivity index (χ4n) is 3.53. The summed E-state index contributed by atoms with van der Waals surface area (Å²) in [7, 11) is -3.19. The molecule has 0 spiro atoms. The van der Waals surface area contributed by atoms with E-state index in [2.05, 4.69) is 4.98 Å². The summed E-state index contributed by atoms with van der Waals surface area (Å²) in [6, 6.07) is 5.54. The van der Waals surface area contributed by atoms with Gasteiger partial charge in [-0.25, -0.2) is 17.7 Å². The van der Waals surface area contributed by atoms with Crippen LogP contribution in [0.15, 0.2) is 24.4 Å². The molecule has 3 heterocycles. The third-order valence-electron chi connectivity index (χ3n) is 4.86. The molecule has 2 aliphatic rings. The van der Waals surface area contributed by atoms with E-state index in [1.807, 2.05) is 18.2 Å². The Labute approximate surface area is 137 Å². The zero-order valence-electron chi connectivity index (χ0n) is 13.5. The van der Waals surface area contributed by atoms with Crippen LogP contribution < -0.4 is 4.74 Å². The molecular weight excluding hydrogens is 316 g/mol. The van der Waals surface area contributed by atoms with E-state index in [0.29, 0.717) is 25.6 Å². The van der Waals surface area contributed by atoms with Gasteiger partial charge < -0.3 is 9.47 Å². The van der Waals surface area contributed by atoms with Crippen molar-refractivity contribution in [2.75, 3.05) is 32.1 Å². The molecule has 2 aliphatic heterocycles. The Morgan fingerprint density at radius 2 is 2.35 bits per heavy atom. The maximum Gasteiger partial charge on any atom is 0.213 e. The van der Waals surface area contributed by atoms with Crippen molar-refractivity contribution in [3.05, 3.63) is 24.4 Å². The lowest BCUT2D eigenvalue weighted by atomic mass is 9.73. The van der Waals surface area contributed by atoms with E-state index in [0.717, 1.165) is 25.9 Å². The number of nitrogens with zero attached hydrogens (tertiary/aromatic N) is 2. The second kappa shape index (κ2) is 6.75. The average Bonchev–Trinajstić information content (AvgIpc) is 2.60. The number of hydrogen-bond acceptors (Lipinski definition) is 5. The fraction of sp³-hybridized carbons (Fsp3) is 0.688. The van der Waals surface area contributed by atoms with Crippen LogP contribution in [-0.4, -0.2) is 55.9 Å². The van der Waals surface area contributed by atoms with E-state index >= 15 is 0 Å². The Hall–Kier alpha value is -1.18. The molecule has 0 N–H and O–H groups in total. The summed E-state index contributed by atoms with van der Waals surface area (Å²) in [4.78, 5) is 4.19. The van der Waals surface area contributed by atoms with Gasteiger partial charge in [0.15, 0.2) is 0 Å². The summed E-state index contributed by atoms with van der Waals surface area (Å²) in [5, 5.41) is 0. The first-order valence-corrected chi connectivity index (χ1v) is 9.80. The molecule has 6 nitrogen and oxygen atoms in total. The lowest BCUT2D eigenvalue weighted by Crippen LogP contribution is -2.58. The summed E-state index contributed by atoms with van der Waals surface area (Å²) in [6.07, 6.45) is 4.33. The molecule has 0 bridgehead atoms. The van der Waals surface area contributed by atoms with Crippen LogP contribution in [0.2, 0.25) is 0 Å². The summed E-state index contributed by atoms with van der Waals surface area (Å²) in [5.41, 5.74) is -0.281. The minimum Gasteiger partial charge on any atom is -0.477 e. The highest BCUT2D eigenvalue weighted by Gasteiger charge is 2.48. The number of piperidine rings is 1. The highest BCUT2D eigenvalue weighted by atomic mass is 32.2. The third-order valence-corrected chi connectivity index (χ3v) is 6.68. The number of sulfonamides is 1. The topological polar surface area (TPSA) is 68.7 Å². The fourth-order valence-corrected chi connectivity index (χ4v) is 4.73. The van der Waals surface area contributed by atoms with Gasteiger partial charge in [0.2, 0.25) is 15.9 Å². The highest BCUT2D eigenvalue weighted by Crippen LogP contribution is 2.41. The monoisotopic (exact) mass is 340 g/mol. The van der Waals surface area contributed by atoms with Gasteiger partial charge in [0.05, 0.1) is 18.5 Å². The van der Waals surface area contributed by atoms with Crippen molar-refractivity contribution in [2.24, 2.45) is 5.41 Å². The molecule has 2 atom stereocenters. The Morgan fingerprint density at radius 3 is 3.09 bits per heavy atom. The van der Waals surface area contributed by atoms with E-state index < -0.39 is 10.0 Å². The minimum atomic E-state index is -3.19. The van der Waals surface area contributed by atoms with E-state index in [-0.39, 0.29) is 17.3 Å². The highest BCUT2D eigenvalue weighted by molar-refractivity contribution is 7.89. The maximum absolute atomic E-state index is 12.3. The van der Waals surface area contributed by atoms with Crippen molar-refractivity contribution in [2.45, 2.75) is 32.3 Å². The smallest absolute Gasteiger partial charge is 0.213 e. The lowest BCUT2D eigenvalue weighted by Gasteiger charge is -2.49. The molecule has 128 valence electrons. The standard InChI is InChI=1S/C16H24N2O4S/c1-2-23(19,20)18-10-7-14-16(12-18,8-5-11-21-14)13-22-15-6-3-4-9-17-15/h3-4,6,9,14H,2,5,7-8,10-13H2,1H3/t14-,16+/m1/s1. The molecule has 1 aromatic rings. The second-order valence-electron chi connectivity index (χ2n) is 6.30. The van der Waals surface area contributed by atoms with Crippen LogP contribution in [0.4, 0.5) is 0 Å². The largest absolute Gasteiger partial charge is 0.477 e. The van der Waals surface area contributed by atoms with Gasteiger partial charge >= 0.3 is 0 Å². The number of rotatable bonds is 5. The van der Waals surface area contributed by atoms with Gasteiger partial charge in [0, 0.05) is 37.4 Å². The van der Waals surface area contributed by atoms with E-state index in [9.17, 15) is 8.42 Å². The summed E-state index contributed by atoms with van der Waals surface area (Å²) < 4.78 is 38.0. The number of ether oxygens (including phenoxy) is 2. The van der Waals surface area contributed by atoms with Gasteiger partial charge in [-0.2, -0.15) is 0 Å². The second-order valence-corrected chi connectivity index (χ2v) is 8.56. The van der Waals surface area contributed by atoms with Gasteiger partial charge in [-0.05, 0) is 32.3 Å². The van der Waals surface area contributed by atoms with Crippen LogP contribution in [0.3, 0.4) is 0 Å². The molecule has 3 rings (SSSR count). The average molecular weight is 340 g/mol. The van der Waals surface area contributed by atoms with Gasteiger partial charge in [-0.1, -0.05) is 6.07 Å². The molecule has 0 unspecified atom stereocenters. The SMILES string of the molecule is CCS(=O)(=O)N1CC[C@H]2OCCC[C@@]2(COc2ccccn2)C1. The molecule has 1 aromatic heterocycles. The van der Waals surface area contributed by atoms with E-state index in [4.69, 9.17) is 9.47 Å². The van der Waals surface area contributed by atoms with Crippen LogP contribution >= 0.6 is 0 Å². The van der Waals surface area contributed by atoms with Crippen molar-refractivity contribution in [3.63, 3.8) is 0 Å². The zero-order chi connectivity index (χ0) is 16.3. The van der Waals surface area contributed by atoms with Gasteiger partial charge in [0.25, 0.3) is 0 Å². The van der Waals surface area contributed by atoms with E-state index in [1.165, 1.54) is 0 Å². The first-order chi connectivity index (χ1) is 11.1. The molecule has 0 amide bonds. The molecular formula is C16H24N2O4S. The van der Waals surface area contributed by atoms with Crippen LogP contribution in [0.25, 0.3) is 0 Å². The van der Waals surface area contributed by atoms with E-state index in [1.54, 1.807) is 17.4 Å². The predicted octanol–water partition coefficient (Wildman–Crippen LogP) is 1.68. The number of aromatic nitrogens is 1. The first-order valence-electron chi connectivity index (χ1n) is 8.19. The Kier molecular flexibility index (Phi) is 4.89. The van der Waals surface area contributed by atoms with Gasteiger partial charge in [0.1, 0.15) is 0 Å². The van der Waals surface area contributed by atoms with Gasteiger partial charge in [-0.3, -0.25) is 0 Å². The molecule has 0 aliphatic carbocycles. The van der Waals surface area contributed by atoms with Gasteiger partial charge in [-0.15, -0.1) is 0 Å². The van der Waals surface area contributed by atoms with Crippen molar-refractivity contribution in [1.82, 2.24) is 9.29 Å². The van der Waals surface area contributed by atoms with Crippen molar-refractivity contribution >= 4 is 10.0 Å². The lowest BCUT2D eigenvalue weighted by molar-refractivity contribution is -0.128. The van der Waals surface area contributed by atoms with Crippen molar-refractivity contribution in [3.8, 4) is 5.88 Å². The minimum absolute atomic E-state index is 0.0586. The van der Waals surface area contributed by atoms with Crippen LogP contribution in [0.5, 0.6) is 5.88 Å². The molecule has 2 saturated heterocycles. The zero-order valence-corrected chi connectivity index (χ0v) is 14.3. The molecule has 0 aromatic carbocycles. The quantitative estimate of drug-likeness (QED) is 0.816. The molecule has 0 saturated carbocycles. The number of fused-ring (bicyclic) bond motifs is 1. The number of hydrogen-bond donors (Lipinski definition) is 0. The van der Waals surface area contributed by atoms with Crippen LogP contribution in [-0.2, 0) is 14.8 Å². The number of pyridine rings is 1. The van der Waals surface area contributed by atoms with Crippen LogP contribution in [0.1, 0.15) is 26.2 Å². The summed E-state index contributed by atoms with van der Waals surface area (Å²) >= 11 is 0. The Bertz CT molecular complexity index is 622. The summed E-state index contributed by atoms with van der Waals surface area (Å²) in [6.45, 7) is 3.88. The molecule has 7 heteroatoms. The van der Waals surface area contributed by atoms with Crippen molar-refractivity contribution in [1.29, 1.82) is 0 Å². The Balaban J connectivity index is 1.78. The van der Waals surface area contributed by atoms with Crippen LogP contribution in [0, 0.1) is 5.41 Å². The summed E-state index contributed by atoms with van der Waals surface area (Å²) in [5.74, 6) is 0.706. The molecule has 0 radical (unpaired) electrons. The molecule has 2 fully saturated rings. The van der Waals surface area contributed by atoms with Crippen molar-refractivity contribution < 1.29 is 17.9 Å². The first kappa shape index (κ1) is 16.7. The Morgan fingerprint density at radius 1 is 1.48 bits per heavy atom.